The third-order valence-corrected chi connectivity index (χ3v) is 2.59. The zero-order valence-electron chi connectivity index (χ0n) is 8.24. The number of para-hydroxylation sites is 1. The average Bonchev–Trinajstić information content (AvgIpc) is 2.23. The van der Waals surface area contributed by atoms with Crippen molar-refractivity contribution < 1.29 is 0 Å². The molecule has 0 bridgehead atoms. The molecule has 2 rings (SSSR count). The molecule has 0 spiro atoms. The highest BCUT2D eigenvalue weighted by molar-refractivity contribution is 5.91. The summed E-state index contributed by atoms with van der Waals surface area (Å²) in [6.07, 6.45) is 0. The highest BCUT2D eigenvalue weighted by Crippen LogP contribution is 2.20. The normalized spacial score (nSPS) is 10.7. The summed E-state index contributed by atoms with van der Waals surface area (Å²) in [4.78, 5) is 11.7. The van der Waals surface area contributed by atoms with Gasteiger partial charge in [0.05, 0.1) is 5.52 Å². The Morgan fingerprint density at radius 2 is 1.93 bits per heavy atom. The van der Waals surface area contributed by atoms with Gasteiger partial charge >= 0.3 is 0 Å². The summed E-state index contributed by atoms with van der Waals surface area (Å²) in [6.45, 7) is 1.75. The molecule has 0 aliphatic rings. The quantitative estimate of drug-likeness (QED) is 0.679. The van der Waals surface area contributed by atoms with Crippen LogP contribution in [0.15, 0.2) is 29.1 Å². The predicted octanol–water partition coefficient (Wildman–Crippen LogP) is 1.43. The van der Waals surface area contributed by atoms with Gasteiger partial charge in [0.25, 0.3) is 5.56 Å². The minimum Gasteiger partial charge on any atom is -0.398 e. The molecule has 0 aliphatic carbocycles. The van der Waals surface area contributed by atoms with Crippen LogP contribution in [0.2, 0.25) is 0 Å². The highest BCUT2D eigenvalue weighted by atomic mass is 16.1. The monoisotopic (exact) mass is 188 g/mol. The van der Waals surface area contributed by atoms with Crippen LogP contribution in [0.5, 0.6) is 0 Å². The standard InChI is InChI=1S/C11H12N2O/c1-7-10(12)8-5-3-4-6-9(8)13(2)11(7)14/h3-6H,12H2,1-2H3. The summed E-state index contributed by atoms with van der Waals surface area (Å²) in [5.41, 5.74) is 7.93. The molecular formula is C11H12N2O. The zero-order valence-corrected chi connectivity index (χ0v) is 8.24. The molecule has 2 N–H and O–H groups in total. The van der Waals surface area contributed by atoms with Crippen LogP contribution >= 0.6 is 0 Å². The van der Waals surface area contributed by atoms with Crippen molar-refractivity contribution in [3.63, 3.8) is 0 Å². The molecule has 1 aromatic heterocycles. The number of anilines is 1. The lowest BCUT2D eigenvalue weighted by Crippen LogP contribution is -2.21. The number of rotatable bonds is 0. The number of fused-ring (bicyclic) bond motifs is 1. The Morgan fingerprint density at radius 1 is 1.29 bits per heavy atom. The van der Waals surface area contributed by atoms with E-state index in [1.807, 2.05) is 24.3 Å². The van der Waals surface area contributed by atoms with Crippen LogP contribution < -0.4 is 11.3 Å². The Balaban J connectivity index is 3.10. The molecule has 0 fully saturated rings. The number of nitrogens with two attached hydrogens (primary N) is 1. The maximum Gasteiger partial charge on any atom is 0.255 e. The topological polar surface area (TPSA) is 48.0 Å². The molecule has 0 saturated carbocycles. The Morgan fingerprint density at radius 3 is 2.64 bits per heavy atom. The van der Waals surface area contributed by atoms with Gasteiger partial charge in [-0.3, -0.25) is 4.79 Å². The van der Waals surface area contributed by atoms with E-state index in [4.69, 9.17) is 5.73 Å². The molecule has 0 radical (unpaired) electrons. The van der Waals surface area contributed by atoms with Crippen molar-refractivity contribution in [3.05, 3.63) is 40.2 Å². The number of nitrogens with zero attached hydrogens (tertiary/aromatic N) is 1. The van der Waals surface area contributed by atoms with Crippen LogP contribution in [0.25, 0.3) is 10.9 Å². The van der Waals surface area contributed by atoms with E-state index in [9.17, 15) is 4.79 Å². The largest absolute Gasteiger partial charge is 0.398 e. The predicted molar refractivity (Wildman–Crippen MR) is 58.3 cm³/mol. The molecule has 1 aromatic carbocycles. The fourth-order valence-corrected chi connectivity index (χ4v) is 1.67. The first kappa shape index (κ1) is 8.81. The number of benzene rings is 1. The second-order valence-electron chi connectivity index (χ2n) is 3.42. The first-order valence-corrected chi connectivity index (χ1v) is 4.46. The smallest absolute Gasteiger partial charge is 0.255 e. The molecule has 1 heterocycles. The highest BCUT2D eigenvalue weighted by Gasteiger charge is 2.07. The van der Waals surface area contributed by atoms with Gasteiger partial charge < -0.3 is 10.3 Å². The minimum atomic E-state index is -0.0267. The molecule has 0 aliphatic heterocycles. The lowest BCUT2D eigenvalue weighted by molar-refractivity contribution is 0.895. The molecule has 3 nitrogen and oxygen atoms in total. The summed E-state index contributed by atoms with van der Waals surface area (Å²) < 4.78 is 1.63. The van der Waals surface area contributed by atoms with Crippen LogP contribution in [-0.2, 0) is 7.05 Å². The first-order valence-electron chi connectivity index (χ1n) is 4.46. The third kappa shape index (κ3) is 1.02. The Hall–Kier alpha value is -1.77. The van der Waals surface area contributed by atoms with Crippen molar-refractivity contribution >= 4 is 16.6 Å². The molecule has 2 aromatic rings. The van der Waals surface area contributed by atoms with Crippen molar-refractivity contribution in [2.75, 3.05) is 5.73 Å². The molecule has 72 valence electrons. The summed E-state index contributed by atoms with van der Waals surface area (Å²) in [7, 11) is 1.76. The van der Waals surface area contributed by atoms with E-state index in [-0.39, 0.29) is 5.56 Å². The first-order chi connectivity index (χ1) is 6.63. The summed E-state index contributed by atoms with van der Waals surface area (Å²) >= 11 is 0. The van der Waals surface area contributed by atoms with Crippen molar-refractivity contribution in [1.82, 2.24) is 4.57 Å². The van der Waals surface area contributed by atoms with E-state index in [0.29, 0.717) is 11.3 Å². The molecule has 14 heavy (non-hydrogen) atoms. The summed E-state index contributed by atoms with van der Waals surface area (Å²) in [5, 5.41) is 0.937. The minimum absolute atomic E-state index is 0.0267. The zero-order chi connectivity index (χ0) is 10.3. The number of nitrogen functional groups attached to an aromatic ring is 1. The molecule has 0 saturated heterocycles. The van der Waals surface area contributed by atoms with Gasteiger partial charge in [-0.2, -0.15) is 0 Å². The Kier molecular flexibility index (Phi) is 1.81. The number of hydrogen-bond donors (Lipinski definition) is 1. The van der Waals surface area contributed by atoms with Gasteiger partial charge in [-0.25, -0.2) is 0 Å². The van der Waals surface area contributed by atoms with Crippen molar-refractivity contribution in [1.29, 1.82) is 0 Å². The average molecular weight is 188 g/mol. The number of aryl methyl sites for hydroxylation is 1. The van der Waals surface area contributed by atoms with Crippen LogP contribution in [0.4, 0.5) is 5.69 Å². The summed E-state index contributed by atoms with van der Waals surface area (Å²) in [6, 6.07) is 7.64. The van der Waals surface area contributed by atoms with Gasteiger partial charge in [-0.05, 0) is 13.0 Å². The SMILES string of the molecule is Cc1c(N)c2ccccc2n(C)c1=O. The van der Waals surface area contributed by atoms with E-state index in [1.54, 1.807) is 18.5 Å². The van der Waals surface area contributed by atoms with E-state index in [1.165, 1.54) is 0 Å². The molecule has 0 unspecified atom stereocenters. The van der Waals surface area contributed by atoms with Crippen molar-refractivity contribution in [2.45, 2.75) is 6.92 Å². The van der Waals surface area contributed by atoms with E-state index in [2.05, 4.69) is 0 Å². The van der Waals surface area contributed by atoms with Crippen LogP contribution in [-0.4, -0.2) is 4.57 Å². The van der Waals surface area contributed by atoms with Gasteiger partial charge in [-0.15, -0.1) is 0 Å². The van der Waals surface area contributed by atoms with E-state index in [0.717, 1.165) is 10.9 Å². The van der Waals surface area contributed by atoms with Crippen LogP contribution in [0, 0.1) is 6.92 Å². The van der Waals surface area contributed by atoms with Gasteiger partial charge in [0.15, 0.2) is 0 Å². The maximum atomic E-state index is 11.7. The Bertz CT molecular complexity index is 555. The fourth-order valence-electron chi connectivity index (χ4n) is 1.67. The molecular weight excluding hydrogens is 176 g/mol. The number of aromatic nitrogens is 1. The van der Waals surface area contributed by atoms with Gasteiger partial charge in [-0.1, -0.05) is 18.2 Å². The van der Waals surface area contributed by atoms with Gasteiger partial charge in [0, 0.05) is 23.7 Å². The lowest BCUT2D eigenvalue weighted by Gasteiger charge is -2.09. The fraction of sp³-hybridized carbons (Fsp3) is 0.182. The molecule has 0 amide bonds. The Labute approximate surface area is 81.8 Å². The lowest BCUT2D eigenvalue weighted by atomic mass is 10.1. The molecule has 3 heteroatoms. The second-order valence-corrected chi connectivity index (χ2v) is 3.42. The third-order valence-electron chi connectivity index (χ3n) is 2.59. The van der Waals surface area contributed by atoms with Crippen LogP contribution in [0.1, 0.15) is 5.56 Å². The maximum absolute atomic E-state index is 11.7. The van der Waals surface area contributed by atoms with Crippen molar-refractivity contribution in [3.8, 4) is 0 Å². The van der Waals surface area contributed by atoms with Gasteiger partial charge in [0.2, 0.25) is 0 Å². The molecule has 0 atom stereocenters. The second kappa shape index (κ2) is 2.87. The van der Waals surface area contributed by atoms with Gasteiger partial charge in [0.1, 0.15) is 0 Å². The number of hydrogen-bond acceptors (Lipinski definition) is 2. The van der Waals surface area contributed by atoms with E-state index >= 15 is 0 Å². The van der Waals surface area contributed by atoms with E-state index < -0.39 is 0 Å². The van der Waals surface area contributed by atoms with Crippen LogP contribution in [0.3, 0.4) is 0 Å². The number of pyridine rings is 1. The summed E-state index contributed by atoms with van der Waals surface area (Å²) in [5.74, 6) is 0. The van der Waals surface area contributed by atoms with Crippen molar-refractivity contribution in [2.24, 2.45) is 7.05 Å².